The van der Waals surface area contributed by atoms with Gasteiger partial charge < -0.3 is 11.1 Å². The molecule has 3 N–H and O–H groups in total. The molecular weight excluding hydrogens is 206 g/mol. The van der Waals surface area contributed by atoms with E-state index in [1.54, 1.807) is 0 Å². The highest BCUT2D eigenvalue weighted by molar-refractivity contribution is 7.80. The van der Waals surface area contributed by atoms with Gasteiger partial charge in [0.1, 0.15) is 10.8 Å². The molecule has 1 aliphatic rings. The fourth-order valence-corrected chi connectivity index (χ4v) is 1.90. The molecule has 0 aliphatic heterocycles. The molecule has 0 saturated heterocycles. The minimum atomic E-state index is 0.210. The number of hydrogen-bond donors (Lipinski definition) is 2. The van der Waals surface area contributed by atoms with Gasteiger partial charge >= 0.3 is 0 Å². The van der Waals surface area contributed by atoms with E-state index in [9.17, 15) is 0 Å². The number of nitrogens with two attached hydrogens (primary N) is 1. The second kappa shape index (κ2) is 3.77. The van der Waals surface area contributed by atoms with E-state index >= 15 is 0 Å². The van der Waals surface area contributed by atoms with Crippen molar-refractivity contribution in [1.82, 2.24) is 4.98 Å². The molecule has 1 aromatic heterocycles. The lowest BCUT2D eigenvalue weighted by molar-refractivity contribution is 0.306. The van der Waals surface area contributed by atoms with Crippen molar-refractivity contribution in [2.24, 2.45) is 5.73 Å². The summed E-state index contributed by atoms with van der Waals surface area (Å²) in [6, 6.07) is 5.70. The minimum absolute atomic E-state index is 0.210. The Balaban J connectivity index is 2.14. The Bertz CT molecular complexity index is 385. The summed E-state index contributed by atoms with van der Waals surface area (Å²) in [5.74, 6) is 0.863. The molecule has 2 rings (SSSR count). The van der Waals surface area contributed by atoms with Crippen molar-refractivity contribution in [2.45, 2.75) is 31.7 Å². The van der Waals surface area contributed by atoms with Crippen LogP contribution in [-0.4, -0.2) is 15.5 Å². The van der Waals surface area contributed by atoms with Gasteiger partial charge in [0.2, 0.25) is 0 Å². The number of thiocarbonyl (C=S) groups is 1. The standard InChI is InChI=1S/C11H15N3S/c1-11(6-3-7-11)14-9-5-2-4-8(13-9)10(12)15/h2,4-5H,3,6-7H2,1H3,(H2,12,15)(H,13,14). The van der Waals surface area contributed by atoms with E-state index < -0.39 is 0 Å². The molecular formula is C11H15N3S. The fourth-order valence-electron chi connectivity index (χ4n) is 1.78. The van der Waals surface area contributed by atoms with E-state index in [4.69, 9.17) is 18.0 Å². The predicted molar refractivity (Wildman–Crippen MR) is 66.0 cm³/mol. The van der Waals surface area contributed by atoms with Crippen molar-refractivity contribution in [3.8, 4) is 0 Å². The minimum Gasteiger partial charge on any atom is -0.388 e. The Kier molecular flexibility index (Phi) is 2.61. The molecule has 0 radical (unpaired) electrons. The van der Waals surface area contributed by atoms with Crippen LogP contribution >= 0.6 is 12.2 Å². The summed E-state index contributed by atoms with van der Waals surface area (Å²) in [6.07, 6.45) is 3.69. The summed E-state index contributed by atoms with van der Waals surface area (Å²) in [4.78, 5) is 4.71. The smallest absolute Gasteiger partial charge is 0.127 e. The lowest BCUT2D eigenvalue weighted by Crippen LogP contribution is -2.41. The van der Waals surface area contributed by atoms with E-state index in [0.717, 1.165) is 5.82 Å². The molecule has 1 heterocycles. The third kappa shape index (κ3) is 2.26. The van der Waals surface area contributed by atoms with Gasteiger partial charge in [0.15, 0.2) is 0 Å². The first-order valence-corrected chi connectivity index (χ1v) is 5.55. The molecule has 1 aliphatic carbocycles. The van der Waals surface area contributed by atoms with Crippen LogP contribution in [-0.2, 0) is 0 Å². The van der Waals surface area contributed by atoms with Gasteiger partial charge in [-0.1, -0.05) is 18.3 Å². The fraction of sp³-hybridized carbons (Fsp3) is 0.455. The number of pyridine rings is 1. The van der Waals surface area contributed by atoms with E-state index in [-0.39, 0.29) is 5.54 Å². The molecule has 4 heteroatoms. The van der Waals surface area contributed by atoms with Gasteiger partial charge in [0.25, 0.3) is 0 Å². The van der Waals surface area contributed by atoms with Gasteiger partial charge in [-0.15, -0.1) is 0 Å². The van der Waals surface area contributed by atoms with Crippen molar-refractivity contribution in [2.75, 3.05) is 5.32 Å². The number of nitrogens with zero attached hydrogens (tertiary/aromatic N) is 1. The molecule has 0 atom stereocenters. The van der Waals surface area contributed by atoms with Gasteiger partial charge in [-0.05, 0) is 38.3 Å². The third-order valence-electron chi connectivity index (χ3n) is 2.89. The summed E-state index contributed by atoms with van der Waals surface area (Å²) >= 11 is 4.89. The zero-order valence-electron chi connectivity index (χ0n) is 8.79. The Labute approximate surface area is 95.1 Å². The van der Waals surface area contributed by atoms with Crippen molar-refractivity contribution in [3.63, 3.8) is 0 Å². The molecule has 0 spiro atoms. The highest BCUT2D eigenvalue weighted by Crippen LogP contribution is 2.34. The van der Waals surface area contributed by atoms with Crippen LogP contribution in [0.5, 0.6) is 0 Å². The van der Waals surface area contributed by atoms with Gasteiger partial charge in [-0.2, -0.15) is 0 Å². The Hall–Kier alpha value is -1.16. The molecule has 0 unspecified atom stereocenters. The normalized spacial score (nSPS) is 17.9. The Morgan fingerprint density at radius 2 is 2.27 bits per heavy atom. The average Bonchev–Trinajstić information content (AvgIpc) is 2.16. The van der Waals surface area contributed by atoms with Crippen LogP contribution in [0.15, 0.2) is 18.2 Å². The highest BCUT2D eigenvalue weighted by atomic mass is 32.1. The zero-order valence-corrected chi connectivity index (χ0v) is 9.60. The lowest BCUT2D eigenvalue weighted by Gasteiger charge is -2.39. The van der Waals surface area contributed by atoms with E-state index in [1.165, 1.54) is 19.3 Å². The van der Waals surface area contributed by atoms with Crippen LogP contribution in [0.1, 0.15) is 31.9 Å². The van der Waals surface area contributed by atoms with Crippen LogP contribution in [0.25, 0.3) is 0 Å². The van der Waals surface area contributed by atoms with Crippen LogP contribution in [0.2, 0.25) is 0 Å². The van der Waals surface area contributed by atoms with Gasteiger partial charge in [0.05, 0.1) is 5.69 Å². The maximum Gasteiger partial charge on any atom is 0.127 e. The SMILES string of the molecule is CC1(Nc2cccc(C(N)=S)n2)CCC1. The summed E-state index contributed by atoms with van der Waals surface area (Å²) < 4.78 is 0. The monoisotopic (exact) mass is 221 g/mol. The van der Waals surface area contributed by atoms with E-state index in [0.29, 0.717) is 10.7 Å². The first-order chi connectivity index (χ1) is 7.09. The second-order valence-electron chi connectivity index (χ2n) is 4.31. The average molecular weight is 221 g/mol. The maximum atomic E-state index is 5.53. The molecule has 3 nitrogen and oxygen atoms in total. The van der Waals surface area contributed by atoms with Crippen molar-refractivity contribution < 1.29 is 0 Å². The lowest BCUT2D eigenvalue weighted by atomic mass is 9.78. The number of hydrogen-bond acceptors (Lipinski definition) is 3. The second-order valence-corrected chi connectivity index (χ2v) is 4.75. The topological polar surface area (TPSA) is 50.9 Å². The largest absolute Gasteiger partial charge is 0.388 e. The molecule has 15 heavy (non-hydrogen) atoms. The summed E-state index contributed by atoms with van der Waals surface area (Å²) in [5, 5.41) is 3.42. The van der Waals surface area contributed by atoms with Gasteiger partial charge in [0, 0.05) is 5.54 Å². The highest BCUT2D eigenvalue weighted by Gasteiger charge is 2.31. The van der Waals surface area contributed by atoms with Crippen molar-refractivity contribution >= 4 is 23.0 Å². The van der Waals surface area contributed by atoms with E-state index in [1.807, 2.05) is 18.2 Å². The van der Waals surface area contributed by atoms with Gasteiger partial charge in [-0.25, -0.2) is 4.98 Å². The van der Waals surface area contributed by atoms with Crippen LogP contribution in [0.3, 0.4) is 0 Å². The number of anilines is 1. The molecule has 1 aromatic rings. The Morgan fingerprint density at radius 1 is 1.53 bits per heavy atom. The molecule has 0 bridgehead atoms. The van der Waals surface area contributed by atoms with E-state index in [2.05, 4.69) is 17.2 Å². The van der Waals surface area contributed by atoms with Crippen LogP contribution in [0, 0.1) is 0 Å². The van der Waals surface area contributed by atoms with Crippen LogP contribution < -0.4 is 11.1 Å². The molecule has 0 amide bonds. The van der Waals surface area contributed by atoms with Gasteiger partial charge in [-0.3, -0.25) is 0 Å². The first kappa shape index (κ1) is 10.4. The molecule has 1 saturated carbocycles. The van der Waals surface area contributed by atoms with Crippen LogP contribution in [0.4, 0.5) is 5.82 Å². The molecule has 1 fully saturated rings. The maximum absolute atomic E-state index is 5.53. The number of rotatable bonds is 3. The summed E-state index contributed by atoms with van der Waals surface area (Å²) in [6.45, 7) is 2.21. The number of aromatic nitrogens is 1. The number of nitrogens with one attached hydrogen (secondary N) is 1. The summed E-state index contributed by atoms with van der Waals surface area (Å²) in [5.41, 5.74) is 6.42. The van der Waals surface area contributed by atoms with Crippen molar-refractivity contribution in [1.29, 1.82) is 0 Å². The third-order valence-corrected chi connectivity index (χ3v) is 3.10. The molecule has 0 aromatic carbocycles. The summed E-state index contributed by atoms with van der Waals surface area (Å²) in [7, 11) is 0. The van der Waals surface area contributed by atoms with Crippen molar-refractivity contribution in [3.05, 3.63) is 23.9 Å². The Morgan fingerprint density at radius 3 is 2.80 bits per heavy atom. The zero-order chi connectivity index (χ0) is 10.9. The first-order valence-electron chi connectivity index (χ1n) is 5.14. The molecule has 80 valence electrons. The quantitative estimate of drug-likeness (QED) is 0.767. The predicted octanol–water partition coefficient (Wildman–Crippen LogP) is 2.07.